The van der Waals surface area contributed by atoms with E-state index in [1.165, 1.54) is 11.4 Å². The molecule has 0 saturated heterocycles. The zero-order chi connectivity index (χ0) is 15.6. The Morgan fingerprint density at radius 3 is 2.25 bits per heavy atom. The molecule has 0 spiro atoms. The van der Waals surface area contributed by atoms with Crippen molar-refractivity contribution in [3.63, 3.8) is 0 Å². The Labute approximate surface area is 121 Å². The van der Waals surface area contributed by atoms with Gasteiger partial charge < -0.3 is 5.11 Å². The predicted molar refractivity (Wildman–Crippen MR) is 77.6 cm³/mol. The highest BCUT2D eigenvalue weighted by Crippen LogP contribution is 2.34. The summed E-state index contributed by atoms with van der Waals surface area (Å²) in [6.07, 6.45) is 3.21. The van der Waals surface area contributed by atoms with E-state index >= 15 is 0 Å². The number of nitrogens with zero attached hydrogens (tertiary/aromatic N) is 1. The van der Waals surface area contributed by atoms with Gasteiger partial charge in [0.1, 0.15) is 5.54 Å². The van der Waals surface area contributed by atoms with Crippen LogP contribution in [-0.2, 0) is 15.0 Å². The second-order valence-corrected chi connectivity index (χ2v) is 7.69. The van der Waals surface area contributed by atoms with Crippen LogP contribution in [0.25, 0.3) is 0 Å². The van der Waals surface area contributed by atoms with E-state index in [9.17, 15) is 18.3 Å². The van der Waals surface area contributed by atoms with Gasteiger partial charge in [-0.2, -0.15) is 17.4 Å². The fourth-order valence-corrected chi connectivity index (χ4v) is 4.02. The molecule has 0 bridgehead atoms. The molecule has 1 rings (SSSR count). The zero-order valence-corrected chi connectivity index (χ0v) is 13.5. The maximum atomic E-state index is 12.3. The number of hydrogen-bond acceptors (Lipinski definition) is 3. The van der Waals surface area contributed by atoms with Crippen molar-refractivity contribution < 1.29 is 18.3 Å². The molecule has 1 fully saturated rings. The summed E-state index contributed by atoms with van der Waals surface area (Å²) in [5, 5.41) is 9.49. The van der Waals surface area contributed by atoms with Crippen LogP contribution in [0.4, 0.5) is 0 Å². The fraction of sp³-hybridized carbons (Fsp3) is 0.923. The summed E-state index contributed by atoms with van der Waals surface area (Å²) < 4.78 is 28.1. The first-order valence-corrected chi connectivity index (χ1v) is 8.59. The average Bonchev–Trinajstić information content (AvgIpc) is 2.37. The van der Waals surface area contributed by atoms with Crippen molar-refractivity contribution in [2.75, 3.05) is 7.05 Å². The number of carboxylic acids is 1. The van der Waals surface area contributed by atoms with Gasteiger partial charge in [-0.05, 0) is 45.4 Å². The van der Waals surface area contributed by atoms with Gasteiger partial charge in [0.15, 0.2) is 0 Å². The molecule has 0 aromatic carbocycles. The van der Waals surface area contributed by atoms with E-state index in [0.29, 0.717) is 18.8 Å². The summed E-state index contributed by atoms with van der Waals surface area (Å²) in [5.74, 6) is -0.581. The second-order valence-electron chi connectivity index (χ2n) is 5.96. The van der Waals surface area contributed by atoms with Crippen LogP contribution in [0.2, 0.25) is 0 Å². The number of carbonyl (C=O) groups is 1. The van der Waals surface area contributed by atoms with Gasteiger partial charge in [-0.3, -0.25) is 4.79 Å². The van der Waals surface area contributed by atoms with Crippen molar-refractivity contribution >= 4 is 16.2 Å². The van der Waals surface area contributed by atoms with Gasteiger partial charge in [0, 0.05) is 13.1 Å². The first kappa shape index (κ1) is 17.4. The van der Waals surface area contributed by atoms with Crippen LogP contribution in [0.15, 0.2) is 0 Å². The first-order chi connectivity index (χ1) is 9.14. The van der Waals surface area contributed by atoms with Crippen LogP contribution in [0.5, 0.6) is 0 Å². The molecule has 0 atom stereocenters. The molecule has 0 amide bonds. The minimum absolute atomic E-state index is 0.217. The van der Waals surface area contributed by atoms with Gasteiger partial charge >= 0.3 is 5.97 Å². The quantitative estimate of drug-likeness (QED) is 0.780. The van der Waals surface area contributed by atoms with Gasteiger partial charge in [-0.1, -0.05) is 13.3 Å². The standard InChI is InChI=1S/C13H26N2O4S/c1-5-11-6-8-13(9-7-11,12(16)17)14-20(18,19)15(4)10(2)3/h10-11,14H,5-9H2,1-4H3,(H,16,17). The van der Waals surface area contributed by atoms with Crippen LogP contribution in [0, 0.1) is 5.92 Å². The Hall–Kier alpha value is -0.660. The van der Waals surface area contributed by atoms with Crippen LogP contribution >= 0.6 is 0 Å². The third-order valence-corrected chi connectivity index (χ3v) is 6.20. The SMILES string of the molecule is CCC1CCC(NS(=O)(=O)N(C)C(C)C)(C(=O)O)CC1. The molecular formula is C13H26N2O4S. The molecule has 0 radical (unpaired) electrons. The normalized spacial score (nSPS) is 28.0. The monoisotopic (exact) mass is 306 g/mol. The van der Waals surface area contributed by atoms with Gasteiger partial charge in [-0.25, -0.2) is 0 Å². The Morgan fingerprint density at radius 1 is 1.40 bits per heavy atom. The lowest BCUT2D eigenvalue weighted by Gasteiger charge is -2.38. The predicted octanol–water partition coefficient (Wildman–Crippen LogP) is 1.58. The molecule has 2 N–H and O–H groups in total. The summed E-state index contributed by atoms with van der Waals surface area (Å²) in [6.45, 7) is 5.58. The topological polar surface area (TPSA) is 86.7 Å². The summed E-state index contributed by atoms with van der Waals surface area (Å²) in [4.78, 5) is 11.6. The molecule has 7 heteroatoms. The molecule has 20 heavy (non-hydrogen) atoms. The van der Waals surface area contributed by atoms with Gasteiger partial charge in [0.05, 0.1) is 0 Å². The highest BCUT2D eigenvalue weighted by atomic mass is 32.2. The van der Waals surface area contributed by atoms with Gasteiger partial charge in [0.25, 0.3) is 10.2 Å². The van der Waals surface area contributed by atoms with Gasteiger partial charge in [0.2, 0.25) is 0 Å². The zero-order valence-electron chi connectivity index (χ0n) is 12.7. The van der Waals surface area contributed by atoms with E-state index < -0.39 is 21.7 Å². The van der Waals surface area contributed by atoms with Crippen molar-refractivity contribution in [2.45, 2.75) is 64.5 Å². The van der Waals surface area contributed by atoms with Gasteiger partial charge in [-0.15, -0.1) is 0 Å². The third-order valence-electron chi connectivity index (χ3n) is 4.38. The molecule has 1 saturated carbocycles. The number of rotatable bonds is 6. The molecule has 0 aliphatic heterocycles. The van der Waals surface area contributed by atoms with E-state index in [-0.39, 0.29) is 6.04 Å². The molecule has 0 aromatic rings. The molecule has 0 aromatic heterocycles. The van der Waals surface area contributed by atoms with Crippen LogP contribution in [-0.4, -0.2) is 42.4 Å². The molecule has 0 unspecified atom stereocenters. The number of carboxylic acid groups (broad SMARTS) is 1. The molecule has 118 valence electrons. The lowest BCUT2D eigenvalue weighted by atomic mass is 9.76. The largest absolute Gasteiger partial charge is 0.480 e. The van der Waals surface area contributed by atoms with Crippen molar-refractivity contribution in [2.24, 2.45) is 5.92 Å². The molecule has 1 aliphatic rings. The summed E-state index contributed by atoms with van der Waals surface area (Å²) in [5.41, 5.74) is -1.35. The fourth-order valence-electron chi connectivity index (χ4n) is 2.53. The molecule has 6 nitrogen and oxygen atoms in total. The van der Waals surface area contributed by atoms with Crippen LogP contribution < -0.4 is 4.72 Å². The Balaban J connectivity index is 2.92. The molecule has 1 aliphatic carbocycles. The number of hydrogen-bond donors (Lipinski definition) is 2. The Morgan fingerprint density at radius 2 is 1.90 bits per heavy atom. The Kier molecular flexibility index (Phi) is 5.57. The summed E-state index contributed by atoms with van der Waals surface area (Å²) in [7, 11) is -2.33. The number of aliphatic carboxylic acids is 1. The lowest BCUT2D eigenvalue weighted by Crippen LogP contribution is -2.59. The molecule has 0 heterocycles. The van der Waals surface area contributed by atoms with Crippen molar-refractivity contribution in [3.8, 4) is 0 Å². The minimum atomic E-state index is -3.78. The molecular weight excluding hydrogens is 280 g/mol. The second kappa shape index (κ2) is 6.41. The third kappa shape index (κ3) is 3.71. The highest BCUT2D eigenvalue weighted by molar-refractivity contribution is 7.87. The number of nitrogens with one attached hydrogen (secondary N) is 1. The highest BCUT2D eigenvalue weighted by Gasteiger charge is 2.45. The Bertz CT molecular complexity index is 439. The van der Waals surface area contributed by atoms with Crippen molar-refractivity contribution in [3.05, 3.63) is 0 Å². The first-order valence-electron chi connectivity index (χ1n) is 7.15. The van der Waals surface area contributed by atoms with Crippen LogP contribution in [0.1, 0.15) is 52.9 Å². The van der Waals surface area contributed by atoms with E-state index in [1.807, 2.05) is 0 Å². The van der Waals surface area contributed by atoms with Crippen molar-refractivity contribution in [1.82, 2.24) is 9.03 Å². The lowest BCUT2D eigenvalue weighted by molar-refractivity contribution is -0.145. The van der Waals surface area contributed by atoms with E-state index in [1.54, 1.807) is 13.8 Å². The van der Waals surface area contributed by atoms with Crippen LogP contribution in [0.3, 0.4) is 0 Å². The summed E-state index contributed by atoms with van der Waals surface area (Å²) >= 11 is 0. The van der Waals surface area contributed by atoms with Crippen molar-refractivity contribution in [1.29, 1.82) is 0 Å². The van der Waals surface area contributed by atoms with E-state index in [0.717, 1.165) is 19.3 Å². The van der Waals surface area contributed by atoms with E-state index in [4.69, 9.17) is 0 Å². The van der Waals surface area contributed by atoms with E-state index in [2.05, 4.69) is 11.6 Å². The summed E-state index contributed by atoms with van der Waals surface area (Å²) in [6, 6.07) is -0.217. The maximum absolute atomic E-state index is 12.3. The average molecular weight is 306 g/mol. The maximum Gasteiger partial charge on any atom is 0.324 e. The minimum Gasteiger partial charge on any atom is -0.480 e. The smallest absolute Gasteiger partial charge is 0.324 e.